The summed E-state index contributed by atoms with van der Waals surface area (Å²) in [4.78, 5) is 0. The van der Waals surface area contributed by atoms with Gasteiger partial charge in [-0.2, -0.15) is 0 Å². The van der Waals surface area contributed by atoms with Gasteiger partial charge < -0.3 is 0 Å². The Hall–Kier alpha value is -1.04. The molecule has 0 amide bonds. The van der Waals surface area contributed by atoms with Crippen LogP contribution in [0.3, 0.4) is 0 Å². The summed E-state index contributed by atoms with van der Waals surface area (Å²) in [6, 6.07) is 22.0. The summed E-state index contributed by atoms with van der Waals surface area (Å²) in [6.45, 7) is 0. The zero-order chi connectivity index (χ0) is 15.0. The van der Waals surface area contributed by atoms with Crippen LogP contribution in [0.15, 0.2) is 60.7 Å². The van der Waals surface area contributed by atoms with E-state index < -0.39 is 0 Å². The van der Waals surface area contributed by atoms with E-state index in [4.69, 9.17) is 0 Å². The van der Waals surface area contributed by atoms with Crippen LogP contribution in [0.25, 0.3) is 0 Å². The summed E-state index contributed by atoms with van der Waals surface area (Å²) in [5.74, 6) is 1.44. The second-order valence-electron chi connectivity index (χ2n) is 6.73. The van der Waals surface area contributed by atoms with Crippen LogP contribution in [0.4, 0.5) is 0 Å². The first-order valence-corrected chi connectivity index (χ1v) is 9.05. The molecule has 2 unspecified atom stereocenters. The number of hydrogen-bond donors (Lipinski definition) is 0. The van der Waals surface area contributed by atoms with E-state index >= 15 is 0 Å². The molecule has 2 fully saturated rings. The molecule has 2 aliphatic rings. The van der Waals surface area contributed by atoms with Gasteiger partial charge in [0.15, 0.2) is 0 Å². The predicted molar refractivity (Wildman–Crippen MR) is 95.3 cm³/mol. The first kappa shape index (κ1) is 18.3. The van der Waals surface area contributed by atoms with Gasteiger partial charge in [-0.05, 0) is 35.8 Å². The van der Waals surface area contributed by atoms with Gasteiger partial charge in [0.05, 0.1) is 0 Å². The van der Waals surface area contributed by atoms with Gasteiger partial charge in [0, 0.05) is 17.1 Å². The van der Waals surface area contributed by atoms with Crippen LogP contribution in [0, 0.1) is 0 Å². The Morgan fingerprint density at radius 3 is 1.17 bits per heavy atom. The Morgan fingerprint density at radius 2 is 0.826 bits per heavy atom. The second-order valence-corrected chi connectivity index (χ2v) is 6.73. The largest absolute Gasteiger partial charge is 0.0622 e. The summed E-state index contributed by atoms with van der Waals surface area (Å²) in [7, 11) is 0. The summed E-state index contributed by atoms with van der Waals surface area (Å²) in [5, 5.41) is 0. The Bertz CT molecular complexity index is 477. The van der Waals surface area contributed by atoms with Crippen LogP contribution >= 0.6 is 0 Å². The summed E-state index contributed by atoms with van der Waals surface area (Å²) >= 11 is 0. The van der Waals surface area contributed by atoms with E-state index in [0.29, 0.717) is 0 Å². The predicted octanol–water partition coefficient (Wildman–Crippen LogP) is 6.69. The minimum atomic E-state index is 0. The minimum absolute atomic E-state index is 0. The number of benzene rings is 2. The molecule has 0 aromatic heterocycles. The quantitative estimate of drug-likeness (QED) is 0.531. The monoisotopic (exact) mass is 348 g/mol. The molecule has 4 rings (SSSR count). The molecule has 0 N–H and O–H groups in total. The van der Waals surface area contributed by atoms with Crippen LogP contribution in [-0.2, 0) is 17.1 Å². The van der Waals surface area contributed by atoms with E-state index in [1.807, 2.05) is 0 Å². The molecule has 2 aromatic carbocycles. The summed E-state index contributed by atoms with van der Waals surface area (Å²) in [6.07, 6.45) is 11.5. The van der Waals surface area contributed by atoms with Crippen molar-refractivity contribution in [2.45, 2.75) is 63.2 Å². The fourth-order valence-corrected chi connectivity index (χ4v) is 4.04. The van der Waals surface area contributed by atoms with Gasteiger partial charge in [-0.15, -0.1) is 0 Å². The van der Waals surface area contributed by atoms with Gasteiger partial charge in [0.25, 0.3) is 0 Å². The van der Waals surface area contributed by atoms with Gasteiger partial charge in [-0.1, -0.05) is 99.2 Å². The average molecular weight is 348 g/mol. The van der Waals surface area contributed by atoms with Gasteiger partial charge in [0.1, 0.15) is 0 Å². The molecule has 0 aliphatic heterocycles. The second kappa shape index (κ2) is 9.96. The normalized spacial score (nSPS) is 22.8. The molecule has 0 bridgehead atoms. The van der Waals surface area contributed by atoms with Crippen molar-refractivity contribution in [3.8, 4) is 0 Å². The van der Waals surface area contributed by atoms with E-state index in [1.165, 1.54) is 62.5 Å². The maximum absolute atomic E-state index is 2.28. The van der Waals surface area contributed by atoms with Crippen LogP contribution in [0.2, 0.25) is 0 Å². The third kappa shape index (κ3) is 5.23. The smallest absolute Gasteiger partial charge is 0 e. The van der Waals surface area contributed by atoms with Gasteiger partial charge in [-0.3, -0.25) is 0 Å². The Labute approximate surface area is 152 Å². The third-order valence-electron chi connectivity index (χ3n) is 5.22. The molecule has 124 valence electrons. The molecule has 2 aliphatic carbocycles. The van der Waals surface area contributed by atoms with Crippen molar-refractivity contribution in [2.24, 2.45) is 0 Å². The third-order valence-corrected chi connectivity index (χ3v) is 5.22. The molecule has 2 atom stereocenters. The Morgan fingerprint density at radius 1 is 0.478 bits per heavy atom. The van der Waals surface area contributed by atoms with Crippen molar-refractivity contribution in [1.29, 1.82) is 0 Å². The number of rotatable bonds is 2. The fourth-order valence-electron chi connectivity index (χ4n) is 4.04. The Kier molecular flexibility index (Phi) is 7.92. The molecule has 2 aromatic rings. The molecular weight excluding hydrogens is 320 g/mol. The molecular formula is C22H28Fe. The van der Waals surface area contributed by atoms with Crippen LogP contribution < -0.4 is 0 Å². The fraction of sp³-hybridized carbons (Fsp3) is 0.455. The molecule has 0 spiro atoms. The van der Waals surface area contributed by atoms with Crippen LogP contribution in [-0.4, -0.2) is 0 Å². The van der Waals surface area contributed by atoms with Crippen LogP contribution in [0.1, 0.15) is 74.3 Å². The molecule has 0 saturated heterocycles. The van der Waals surface area contributed by atoms with E-state index in [0.717, 1.165) is 11.8 Å². The molecule has 2 saturated carbocycles. The van der Waals surface area contributed by atoms with Gasteiger partial charge in [0.2, 0.25) is 0 Å². The van der Waals surface area contributed by atoms with Gasteiger partial charge in [-0.25, -0.2) is 0 Å². The standard InChI is InChI=1S/C17H18.C5H10.Fe/c1-3-8-14(9-4-1)16-12-7-13-17(16)15-10-5-2-6-11-15;1-2-4-5-3-1;/h1-6,8-11,16-17H,7,12-13H2;1-5H2;. The zero-order valence-electron chi connectivity index (χ0n) is 13.9. The minimum Gasteiger partial charge on any atom is -0.0622 e. The average Bonchev–Trinajstić information content (AvgIpc) is 3.31. The van der Waals surface area contributed by atoms with Crippen molar-refractivity contribution in [2.75, 3.05) is 0 Å². The topological polar surface area (TPSA) is 0 Å². The molecule has 0 heterocycles. The van der Waals surface area contributed by atoms with Crippen LogP contribution in [0.5, 0.6) is 0 Å². The first-order valence-electron chi connectivity index (χ1n) is 9.05. The van der Waals surface area contributed by atoms with E-state index in [1.54, 1.807) is 0 Å². The SMILES string of the molecule is C1CCCC1.[Fe].c1ccc(C2CCCC2c2ccccc2)cc1. The Balaban J connectivity index is 0.000000276. The molecule has 23 heavy (non-hydrogen) atoms. The molecule has 0 nitrogen and oxygen atoms in total. The van der Waals surface area contributed by atoms with Gasteiger partial charge >= 0.3 is 0 Å². The van der Waals surface area contributed by atoms with E-state index in [-0.39, 0.29) is 17.1 Å². The molecule has 1 heteroatoms. The molecule has 0 radical (unpaired) electrons. The van der Waals surface area contributed by atoms with Crippen molar-refractivity contribution in [3.05, 3.63) is 71.8 Å². The van der Waals surface area contributed by atoms with Crippen molar-refractivity contribution in [1.82, 2.24) is 0 Å². The first-order chi connectivity index (χ1) is 10.9. The maximum Gasteiger partial charge on any atom is 0 e. The summed E-state index contributed by atoms with van der Waals surface area (Å²) < 4.78 is 0. The number of hydrogen-bond acceptors (Lipinski definition) is 0. The van der Waals surface area contributed by atoms with Crippen molar-refractivity contribution in [3.63, 3.8) is 0 Å². The van der Waals surface area contributed by atoms with Crippen molar-refractivity contribution < 1.29 is 17.1 Å². The van der Waals surface area contributed by atoms with E-state index in [9.17, 15) is 0 Å². The van der Waals surface area contributed by atoms with E-state index in [2.05, 4.69) is 60.7 Å². The van der Waals surface area contributed by atoms with Crippen molar-refractivity contribution >= 4 is 0 Å². The maximum atomic E-state index is 2.28. The summed E-state index contributed by atoms with van der Waals surface area (Å²) in [5.41, 5.74) is 3.03. The zero-order valence-corrected chi connectivity index (χ0v) is 15.0.